The van der Waals surface area contributed by atoms with Crippen molar-refractivity contribution in [2.24, 2.45) is 0 Å². The van der Waals surface area contributed by atoms with Gasteiger partial charge in [-0.15, -0.1) is 0 Å². The number of carbonyl (C=O) groups is 1. The molecule has 1 saturated heterocycles. The van der Waals surface area contributed by atoms with E-state index in [1.54, 1.807) is 0 Å². The van der Waals surface area contributed by atoms with Crippen LogP contribution in [0.15, 0.2) is 24.3 Å². The average Bonchev–Trinajstić information content (AvgIpc) is 2.43. The minimum atomic E-state index is 0.0510. The average molecular weight is 275 g/mol. The Morgan fingerprint density at radius 1 is 1.40 bits per heavy atom. The molecule has 0 radical (unpaired) electrons. The molecule has 0 aromatic heterocycles. The molecule has 4 heteroatoms. The highest BCUT2D eigenvalue weighted by molar-refractivity contribution is 5.90. The maximum absolute atomic E-state index is 11.4. The Hall–Kier alpha value is -1.55. The third kappa shape index (κ3) is 3.97. The second-order valence-electron chi connectivity index (χ2n) is 5.68. The summed E-state index contributed by atoms with van der Waals surface area (Å²) in [5, 5.41) is 6.48. The number of nitrogens with one attached hydrogen (secondary N) is 2. The van der Waals surface area contributed by atoms with E-state index in [0.717, 1.165) is 30.8 Å². The van der Waals surface area contributed by atoms with Crippen molar-refractivity contribution in [2.45, 2.75) is 45.2 Å². The van der Waals surface area contributed by atoms with Gasteiger partial charge in [0.05, 0.1) is 0 Å². The maximum atomic E-state index is 11.4. The van der Waals surface area contributed by atoms with Gasteiger partial charge in [-0.05, 0) is 45.0 Å². The van der Waals surface area contributed by atoms with Gasteiger partial charge in [0.15, 0.2) is 0 Å². The van der Waals surface area contributed by atoms with Crippen LogP contribution in [-0.4, -0.2) is 36.5 Å². The molecule has 1 fully saturated rings. The predicted octanol–water partition coefficient (Wildman–Crippen LogP) is 2.93. The third-order valence-corrected chi connectivity index (χ3v) is 4.05. The number of hydrogen-bond acceptors (Lipinski definition) is 3. The van der Waals surface area contributed by atoms with Crippen molar-refractivity contribution in [3.63, 3.8) is 0 Å². The quantitative estimate of drug-likeness (QED) is 0.888. The molecule has 110 valence electrons. The zero-order valence-electron chi connectivity index (χ0n) is 12.6. The SMILES string of the molecule is CCC(=O)Nc1cccc(NC2CCN(C)C(C)C2)c1. The number of hydrogen-bond donors (Lipinski definition) is 2. The van der Waals surface area contributed by atoms with Gasteiger partial charge >= 0.3 is 0 Å². The Labute approximate surface area is 121 Å². The summed E-state index contributed by atoms with van der Waals surface area (Å²) in [5.41, 5.74) is 1.95. The summed E-state index contributed by atoms with van der Waals surface area (Å²) in [6, 6.07) is 9.10. The molecule has 1 aromatic rings. The van der Waals surface area contributed by atoms with Gasteiger partial charge in [0, 0.05) is 36.4 Å². The number of nitrogens with zero attached hydrogens (tertiary/aromatic N) is 1. The van der Waals surface area contributed by atoms with Gasteiger partial charge in [0.2, 0.25) is 5.91 Å². The molecule has 2 atom stereocenters. The van der Waals surface area contributed by atoms with Crippen LogP contribution in [0.3, 0.4) is 0 Å². The molecule has 1 heterocycles. The largest absolute Gasteiger partial charge is 0.382 e. The Bertz CT molecular complexity index is 461. The lowest BCUT2D eigenvalue weighted by Crippen LogP contribution is -2.42. The van der Waals surface area contributed by atoms with E-state index in [9.17, 15) is 4.79 Å². The van der Waals surface area contributed by atoms with Gasteiger partial charge in [0.25, 0.3) is 0 Å². The van der Waals surface area contributed by atoms with E-state index in [1.807, 2.05) is 25.1 Å². The van der Waals surface area contributed by atoms with E-state index in [1.165, 1.54) is 0 Å². The first kappa shape index (κ1) is 14.9. The van der Waals surface area contributed by atoms with Crippen LogP contribution in [-0.2, 0) is 4.79 Å². The van der Waals surface area contributed by atoms with Gasteiger partial charge in [0.1, 0.15) is 0 Å². The number of anilines is 2. The number of benzene rings is 1. The highest BCUT2D eigenvalue weighted by Crippen LogP contribution is 2.22. The number of piperidine rings is 1. The molecule has 0 saturated carbocycles. The molecular weight excluding hydrogens is 250 g/mol. The molecule has 0 bridgehead atoms. The molecule has 1 amide bonds. The van der Waals surface area contributed by atoms with Crippen molar-refractivity contribution >= 4 is 17.3 Å². The van der Waals surface area contributed by atoms with Crippen LogP contribution in [0.4, 0.5) is 11.4 Å². The second kappa shape index (κ2) is 6.75. The Kier molecular flexibility index (Phi) is 5.01. The number of rotatable bonds is 4. The fourth-order valence-electron chi connectivity index (χ4n) is 2.59. The minimum absolute atomic E-state index is 0.0510. The standard InChI is InChI=1S/C16H25N3O/c1-4-16(20)18-14-7-5-6-13(11-14)17-15-8-9-19(3)12(2)10-15/h5-7,11-12,15,17H,4,8-10H2,1-3H3,(H,18,20). The zero-order chi connectivity index (χ0) is 14.5. The molecule has 0 aliphatic carbocycles. The first-order valence-corrected chi connectivity index (χ1v) is 7.45. The van der Waals surface area contributed by atoms with Crippen LogP contribution in [0.25, 0.3) is 0 Å². The molecule has 1 aliphatic rings. The molecule has 2 unspecified atom stereocenters. The first-order valence-electron chi connectivity index (χ1n) is 7.45. The summed E-state index contributed by atoms with van der Waals surface area (Å²) in [6.07, 6.45) is 2.82. The first-order chi connectivity index (χ1) is 9.58. The monoisotopic (exact) mass is 275 g/mol. The number of amides is 1. The van der Waals surface area contributed by atoms with Crippen LogP contribution in [0.5, 0.6) is 0 Å². The maximum Gasteiger partial charge on any atom is 0.224 e. The molecule has 4 nitrogen and oxygen atoms in total. The van der Waals surface area contributed by atoms with E-state index in [-0.39, 0.29) is 5.91 Å². The molecule has 20 heavy (non-hydrogen) atoms. The highest BCUT2D eigenvalue weighted by atomic mass is 16.1. The van der Waals surface area contributed by atoms with Crippen LogP contribution < -0.4 is 10.6 Å². The lowest BCUT2D eigenvalue weighted by atomic mass is 9.98. The Balaban J connectivity index is 1.96. The fourth-order valence-corrected chi connectivity index (χ4v) is 2.59. The molecule has 1 aliphatic heterocycles. The summed E-state index contributed by atoms with van der Waals surface area (Å²) in [5.74, 6) is 0.0510. The third-order valence-electron chi connectivity index (χ3n) is 4.05. The van der Waals surface area contributed by atoms with Crippen molar-refractivity contribution in [1.29, 1.82) is 0 Å². The van der Waals surface area contributed by atoms with Crippen LogP contribution in [0, 0.1) is 0 Å². The summed E-state index contributed by atoms with van der Waals surface area (Å²) in [6.45, 7) is 5.26. The molecule has 1 aromatic carbocycles. The van der Waals surface area contributed by atoms with Crippen molar-refractivity contribution in [2.75, 3.05) is 24.2 Å². The molecule has 2 N–H and O–H groups in total. The lowest BCUT2D eigenvalue weighted by Gasteiger charge is -2.35. The van der Waals surface area contributed by atoms with E-state index < -0.39 is 0 Å². The smallest absolute Gasteiger partial charge is 0.224 e. The minimum Gasteiger partial charge on any atom is -0.382 e. The van der Waals surface area contributed by atoms with E-state index in [0.29, 0.717) is 18.5 Å². The zero-order valence-corrected chi connectivity index (χ0v) is 12.6. The van der Waals surface area contributed by atoms with Gasteiger partial charge in [-0.1, -0.05) is 13.0 Å². The van der Waals surface area contributed by atoms with Crippen molar-refractivity contribution in [3.8, 4) is 0 Å². The topological polar surface area (TPSA) is 44.4 Å². The molecular formula is C16H25N3O. The second-order valence-corrected chi connectivity index (χ2v) is 5.68. The summed E-state index contributed by atoms with van der Waals surface area (Å²) in [7, 11) is 2.18. The van der Waals surface area contributed by atoms with Crippen LogP contribution in [0.2, 0.25) is 0 Å². The van der Waals surface area contributed by atoms with Gasteiger partial charge in [-0.3, -0.25) is 4.79 Å². The van der Waals surface area contributed by atoms with Gasteiger partial charge in [-0.25, -0.2) is 0 Å². The van der Waals surface area contributed by atoms with Crippen molar-refractivity contribution in [1.82, 2.24) is 4.90 Å². The summed E-state index contributed by atoms with van der Waals surface area (Å²) < 4.78 is 0. The van der Waals surface area contributed by atoms with Crippen molar-refractivity contribution < 1.29 is 4.79 Å². The van der Waals surface area contributed by atoms with E-state index in [4.69, 9.17) is 0 Å². The van der Waals surface area contributed by atoms with Crippen LogP contribution in [0.1, 0.15) is 33.1 Å². The van der Waals surface area contributed by atoms with Crippen molar-refractivity contribution in [3.05, 3.63) is 24.3 Å². The molecule has 2 rings (SSSR count). The van der Waals surface area contributed by atoms with Gasteiger partial charge in [-0.2, -0.15) is 0 Å². The Morgan fingerprint density at radius 3 is 2.85 bits per heavy atom. The van der Waals surface area contributed by atoms with E-state index >= 15 is 0 Å². The fraction of sp³-hybridized carbons (Fsp3) is 0.562. The normalized spacial score (nSPS) is 23.4. The van der Waals surface area contributed by atoms with Gasteiger partial charge < -0.3 is 15.5 Å². The predicted molar refractivity (Wildman–Crippen MR) is 84.1 cm³/mol. The lowest BCUT2D eigenvalue weighted by molar-refractivity contribution is -0.115. The highest BCUT2D eigenvalue weighted by Gasteiger charge is 2.22. The number of likely N-dealkylation sites (tertiary alicyclic amines) is 1. The molecule has 0 spiro atoms. The van der Waals surface area contributed by atoms with Crippen LogP contribution >= 0.6 is 0 Å². The number of carbonyl (C=O) groups excluding carboxylic acids is 1. The summed E-state index contributed by atoms with van der Waals surface area (Å²) in [4.78, 5) is 13.8. The summed E-state index contributed by atoms with van der Waals surface area (Å²) >= 11 is 0. The Morgan fingerprint density at radius 2 is 2.15 bits per heavy atom. The van der Waals surface area contributed by atoms with E-state index in [2.05, 4.69) is 35.6 Å².